The molecule has 142 valence electrons. The number of amides is 2. The van der Waals surface area contributed by atoms with E-state index in [-0.39, 0.29) is 11.8 Å². The first-order chi connectivity index (χ1) is 12.7. The van der Waals surface area contributed by atoms with E-state index in [0.717, 1.165) is 50.1 Å². The number of likely N-dealkylation sites (tertiary alicyclic amines) is 1. The number of carbonyl (C=O) groups excluding carboxylic acids is 2. The number of aryl methyl sites for hydroxylation is 1. The summed E-state index contributed by atoms with van der Waals surface area (Å²) >= 11 is 1.63. The SMILES string of the molecule is O=C(c1cc2c(s1)CCC(C(=O)N1CCCCCC1)C2)N1CCOCC1. The lowest BCUT2D eigenvalue weighted by Crippen LogP contribution is -2.40. The summed E-state index contributed by atoms with van der Waals surface area (Å²) in [5.41, 5.74) is 1.23. The van der Waals surface area contributed by atoms with E-state index < -0.39 is 0 Å². The van der Waals surface area contributed by atoms with Gasteiger partial charge in [0.15, 0.2) is 0 Å². The average Bonchev–Trinajstić information content (AvgIpc) is 2.92. The van der Waals surface area contributed by atoms with E-state index in [1.807, 2.05) is 4.90 Å². The van der Waals surface area contributed by atoms with Gasteiger partial charge in [-0.15, -0.1) is 11.3 Å². The summed E-state index contributed by atoms with van der Waals surface area (Å²) in [5.74, 6) is 0.564. The minimum Gasteiger partial charge on any atom is -0.378 e. The standard InChI is InChI=1S/C20H28N2O3S/c23-19(21-7-3-1-2-4-8-21)15-5-6-17-16(13-15)14-18(26-17)20(24)22-9-11-25-12-10-22/h14-15H,1-13H2. The summed E-state index contributed by atoms with van der Waals surface area (Å²) < 4.78 is 5.34. The number of fused-ring (bicyclic) bond motifs is 1. The lowest BCUT2D eigenvalue weighted by Gasteiger charge is -2.28. The van der Waals surface area contributed by atoms with Crippen LogP contribution in [0.5, 0.6) is 0 Å². The van der Waals surface area contributed by atoms with Crippen LogP contribution in [0.15, 0.2) is 6.07 Å². The molecular weight excluding hydrogens is 348 g/mol. The smallest absolute Gasteiger partial charge is 0.264 e. The third-order valence-electron chi connectivity index (χ3n) is 5.86. The lowest BCUT2D eigenvalue weighted by atomic mass is 9.87. The molecule has 2 amide bonds. The molecule has 5 nitrogen and oxygen atoms in total. The van der Waals surface area contributed by atoms with E-state index in [1.54, 1.807) is 11.3 Å². The number of ether oxygens (including phenoxy) is 1. The molecule has 0 bridgehead atoms. The van der Waals surface area contributed by atoms with Crippen LogP contribution in [-0.4, -0.2) is 61.0 Å². The monoisotopic (exact) mass is 376 g/mol. The second kappa shape index (κ2) is 8.09. The van der Waals surface area contributed by atoms with Gasteiger partial charge in [0, 0.05) is 37.0 Å². The van der Waals surface area contributed by atoms with Crippen molar-refractivity contribution in [1.29, 1.82) is 0 Å². The number of carbonyl (C=O) groups is 2. The van der Waals surface area contributed by atoms with Crippen molar-refractivity contribution in [2.24, 2.45) is 5.92 Å². The van der Waals surface area contributed by atoms with E-state index in [4.69, 9.17) is 4.74 Å². The predicted molar refractivity (Wildman–Crippen MR) is 102 cm³/mol. The van der Waals surface area contributed by atoms with Gasteiger partial charge < -0.3 is 14.5 Å². The second-order valence-electron chi connectivity index (χ2n) is 7.64. The van der Waals surface area contributed by atoms with Gasteiger partial charge in [-0.05, 0) is 43.7 Å². The zero-order valence-electron chi connectivity index (χ0n) is 15.4. The van der Waals surface area contributed by atoms with Crippen LogP contribution in [0.4, 0.5) is 0 Å². The van der Waals surface area contributed by atoms with Crippen LogP contribution in [0.2, 0.25) is 0 Å². The number of hydrogen-bond acceptors (Lipinski definition) is 4. The minimum absolute atomic E-state index is 0.0986. The fraction of sp³-hybridized carbons (Fsp3) is 0.700. The van der Waals surface area contributed by atoms with Crippen molar-refractivity contribution >= 4 is 23.2 Å². The van der Waals surface area contributed by atoms with Crippen molar-refractivity contribution < 1.29 is 14.3 Å². The Morgan fingerprint density at radius 2 is 1.73 bits per heavy atom. The Morgan fingerprint density at radius 3 is 2.46 bits per heavy atom. The largest absolute Gasteiger partial charge is 0.378 e. The van der Waals surface area contributed by atoms with Crippen LogP contribution < -0.4 is 0 Å². The van der Waals surface area contributed by atoms with Crippen molar-refractivity contribution in [2.45, 2.75) is 44.9 Å². The van der Waals surface area contributed by atoms with Gasteiger partial charge in [0.05, 0.1) is 18.1 Å². The van der Waals surface area contributed by atoms with Crippen LogP contribution in [0.3, 0.4) is 0 Å². The minimum atomic E-state index is 0.0986. The topological polar surface area (TPSA) is 49.9 Å². The van der Waals surface area contributed by atoms with Crippen molar-refractivity contribution in [2.75, 3.05) is 39.4 Å². The summed E-state index contributed by atoms with van der Waals surface area (Å²) in [6, 6.07) is 2.06. The molecule has 0 N–H and O–H groups in total. The molecule has 0 spiro atoms. The number of hydrogen-bond donors (Lipinski definition) is 0. The maximum atomic E-state index is 12.9. The Kier molecular flexibility index (Phi) is 5.60. The van der Waals surface area contributed by atoms with Crippen molar-refractivity contribution in [3.05, 3.63) is 21.4 Å². The zero-order valence-corrected chi connectivity index (χ0v) is 16.2. The summed E-state index contributed by atoms with van der Waals surface area (Å²) in [6.45, 7) is 4.46. The Balaban J connectivity index is 1.42. The average molecular weight is 377 g/mol. The Morgan fingerprint density at radius 1 is 1.00 bits per heavy atom. The molecule has 0 radical (unpaired) electrons. The first-order valence-corrected chi connectivity index (χ1v) is 10.8. The van der Waals surface area contributed by atoms with E-state index >= 15 is 0 Å². The van der Waals surface area contributed by atoms with Crippen LogP contribution in [0, 0.1) is 5.92 Å². The van der Waals surface area contributed by atoms with Crippen molar-refractivity contribution in [1.82, 2.24) is 9.80 Å². The molecule has 2 fully saturated rings. The molecule has 0 aromatic carbocycles. The third-order valence-corrected chi connectivity index (χ3v) is 7.08. The molecule has 1 aromatic rings. The van der Waals surface area contributed by atoms with Gasteiger partial charge in [-0.25, -0.2) is 0 Å². The highest BCUT2D eigenvalue weighted by Gasteiger charge is 2.31. The van der Waals surface area contributed by atoms with Crippen LogP contribution in [0.1, 0.15) is 52.2 Å². The van der Waals surface area contributed by atoms with Gasteiger partial charge in [-0.3, -0.25) is 9.59 Å². The molecule has 2 saturated heterocycles. The predicted octanol–water partition coefficient (Wildman–Crippen LogP) is 2.73. The molecule has 2 aliphatic heterocycles. The molecule has 1 unspecified atom stereocenters. The van der Waals surface area contributed by atoms with Crippen LogP contribution in [0.25, 0.3) is 0 Å². The fourth-order valence-electron chi connectivity index (χ4n) is 4.31. The van der Waals surface area contributed by atoms with Gasteiger partial charge in [0.2, 0.25) is 5.91 Å². The molecule has 1 atom stereocenters. The molecule has 1 aromatic heterocycles. The Bertz CT molecular complexity index is 658. The van der Waals surface area contributed by atoms with Gasteiger partial charge in [0.1, 0.15) is 0 Å². The van der Waals surface area contributed by atoms with E-state index in [2.05, 4.69) is 11.0 Å². The highest BCUT2D eigenvalue weighted by atomic mass is 32.1. The quantitative estimate of drug-likeness (QED) is 0.797. The van der Waals surface area contributed by atoms with Crippen molar-refractivity contribution in [3.8, 4) is 0 Å². The van der Waals surface area contributed by atoms with E-state index in [9.17, 15) is 9.59 Å². The molecule has 3 aliphatic rings. The maximum Gasteiger partial charge on any atom is 0.264 e. The van der Waals surface area contributed by atoms with Crippen LogP contribution >= 0.6 is 11.3 Å². The molecule has 0 saturated carbocycles. The lowest BCUT2D eigenvalue weighted by molar-refractivity contribution is -0.135. The highest BCUT2D eigenvalue weighted by Crippen LogP contribution is 2.34. The van der Waals surface area contributed by atoms with Gasteiger partial charge >= 0.3 is 0 Å². The number of rotatable bonds is 2. The second-order valence-corrected chi connectivity index (χ2v) is 8.78. The van der Waals surface area contributed by atoms with Gasteiger partial charge in [-0.1, -0.05) is 12.8 Å². The Labute approximate surface area is 159 Å². The van der Waals surface area contributed by atoms with E-state index in [0.29, 0.717) is 32.2 Å². The normalized spacial score (nSPS) is 24.1. The van der Waals surface area contributed by atoms with E-state index in [1.165, 1.54) is 23.3 Å². The molecular formula is C20H28N2O3S. The number of nitrogens with zero attached hydrogens (tertiary/aromatic N) is 2. The number of morpholine rings is 1. The molecule has 3 heterocycles. The molecule has 1 aliphatic carbocycles. The van der Waals surface area contributed by atoms with Gasteiger partial charge in [0.25, 0.3) is 5.91 Å². The summed E-state index contributed by atoms with van der Waals surface area (Å²) in [7, 11) is 0. The molecule has 6 heteroatoms. The highest BCUT2D eigenvalue weighted by molar-refractivity contribution is 7.14. The maximum absolute atomic E-state index is 12.9. The number of thiophene rings is 1. The fourth-order valence-corrected chi connectivity index (χ4v) is 5.49. The summed E-state index contributed by atoms with van der Waals surface area (Å²) in [4.78, 5) is 31.8. The first-order valence-electron chi connectivity index (χ1n) is 10.00. The molecule has 4 rings (SSSR count). The van der Waals surface area contributed by atoms with Crippen molar-refractivity contribution in [3.63, 3.8) is 0 Å². The summed E-state index contributed by atoms with van der Waals surface area (Å²) in [5, 5.41) is 0. The van der Waals surface area contributed by atoms with Gasteiger partial charge in [-0.2, -0.15) is 0 Å². The first kappa shape index (κ1) is 18.0. The molecule has 26 heavy (non-hydrogen) atoms. The summed E-state index contributed by atoms with van der Waals surface area (Å²) in [6.07, 6.45) is 7.43. The zero-order chi connectivity index (χ0) is 17.9. The van der Waals surface area contributed by atoms with Crippen LogP contribution in [-0.2, 0) is 22.4 Å². The third kappa shape index (κ3) is 3.81. The Hall–Kier alpha value is -1.40.